The first-order valence-corrected chi connectivity index (χ1v) is 9.62. The maximum absolute atomic E-state index is 10.4. The highest BCUT2D eigenvalue weighted by Gasteiger charge is 2.38. The number of aliphatic hydroxyl groups excluding tert-OH is 1. The standard InChI is InChI=1S/C20H32N4O/c1-4-21-20(22-12-19(25)16-7-5-14(2)6-8-16)23-17-11-15(3)24(13-17)18-9-10-18/h5-8,15,17-19,25H,4,9-13H2,1-3H3,(H2,21,22,23). The fourth-order valence-corrected chi connectivity index (χ4v) is 3.66. The fourth-order valence-electron chi connectivity index (χ4n) is 3.66. The lowest BCUT2D eigenvalue weighted by Crippen LogP contribution is -2.45. The minimum absolute atomic E-state index is 0.368. The number of nitrogens with one attached hydrogen (secondary N) is 2. The van der Waals surface area contributed by atoms with Crippen LogP contribution in [0.4, 0.5) is 0 Å². The molecule has 1 aliphatic carbocycles. The third kappa shape index (κ3) is 4.95. The lowest BCUT2D eigenvalue weighted by Gasteiger charge is -2.20. The van der Waals surface area contributed by atoms with Crippen molar-refractivity contribution in [3.05, 3.63) is 35.4 Å². The van der Waals surface area contributed by atoms with Crippen LogP contribution < -0.4 is 10.6 Å². The van der Waals surface area contributed by atoms with Gasteiger partial charge in [0.2, 0.25) is 0 Å². The van der Waals surface area contributed by atoms with Gasteiger partial charge in [-0.2, -0.15) is 0 Å². The number of rotatable bonds is 6. The second kappa shape index (κ2) is 8.19. The Morgan fingerprint density at radius 2 is 2.04 bits per heavy atom. The van der Waals surface area contributed by atoms with Crippen molar-refractivity contribution in [2.75, 3.05) is 19.6 Å². The maximum Gasteiger partial charge on any atom is 0.191 e. The lowest BCUT2D eigenvalue weighted by molar-refractivity contribution is 0.187. The van der Waals surface area contributed by atoms with E-state index in [-0.39, 0.29) is 0 Å². The molecule has 0 spiro atoms. The Kier molecular flexibility index (Phi) is 5.97. The van der Waals surface area contributed by atoms with E-state index in [1.165, 1.54) is 18.4 Å². The molecule has 0 aromatic heterocycles. The van der Waals surface area contributed by atoms with Crippen molar-refractivity contribution in [2.24, 2.45) is 4.99 Å². The molecule has 3 N–H and O–H groups in total. The summed E-state index contributed by atoms with van der Waals surface area (Å²) in [6, 6.07) is 9.89. The van der Waals surface area contributed by atoms with Gasteiger partial charge in [-0.1, -0.05) is 29.8 Å². The average molecular weight is 345 g/mol. The molecule has 2 aliphatic rings. The number of hydrogen-bond acceptors (Lipinski definition) is 3. The SMILES string of the molecule is CCNC(=NCC(O)c1ccc(C)cc1)NC1CC(C)N(C2CC2)C1. The summed E-state index contributed by atoms with van der Waals surface area (Å²) in [7, 11) is 0. The van der Waals surface area contributed by atoms with E-state index in [0.717, 1.165) is 37.1 Å². The molecule has 138 valence electrons. The van der Waals surface area contributed by atoms with Gasteiger partial charge >= 0.3 is 0 Å². The van der Waals surface area contributed by atoms with E-state index in [1.54, 1.807) is 0 Å². The van der Waals surface area contributed by atoms with Gasteiger partial charge in [0, 0.05) is 31.2 Å². The molecular formula is C20H32N4O. The summed E-state index contributed by atoms with van der Waals surface area (Å²) < 4.78 is 0. The van der Waals surface area contributed by atoms with Crippen LogP contribution >= 0.6 is 0 Å². The predicted octanol–water partition coefficient (Wildman–Crippen LogP) is 2.21. The predicted molar refractivity (Wildman–Crippen MR) is 103 cm³/mol. The minimum Gasteiger partial charge on any atom is -0.386 e. The molecule has 0 radical (unpaired) electrons. The van der Waals surface area contributed by atoms with Crippen LogP contribution in [0.15, 0.2) is 29.3 Å². The van der Waals surface area contributed by atoms with E-state index < -0.39 is 6.10 Å². The average Bonchev–Trinajstić information content (AvgIpc) is 3.37. The summed E-state index contributed by atoms with van der Waals surface area (Å²) in [5.41, 5.74) is 2.12. The summed E-state index contributed by atoms with van der Waals surface area (Å²) in [5.74, 6) is 0.809. The molecule has 0 bridgehead atoms. The van der Waals surface area contributed by atoms with Crippen molar-refractivity contribution in [3.8, 4) is 0 Å². The summed E-state index contributed by atoms with van der Waals surface area (Å²) in [6.45, 7) is 8.73. The number of nitrogens with zero attached hydrogens (tertiary/aromatic N) is 2. The van der Waals surface area contributed by atoms with Crippen LogP contribution in [0.25, 0.3) is 0 Å². The molecule has 0 amide bonds. The number of guanidine groups is 1. The van der Waals surface area contributed by atoms with Crippen molar-refractivity contribution in [1.29, 1.82) is 0 Å². The monoisotopic (exact) mass is 344 g/mol. The Morgan fingerprint density at radius 1 is 1.32 bits per heavy atom. The molecule has 3 unspecified atom stereocenters. The number of aliphatic hydroxyl groups is 1. The highest BCUT2D eigenvalue weighted by Crippen LogP contribution is 2.33. The smallest absolute Gasteiger partial charge is 0.191 e. The first-order valence-electron chi connectivity index (χ1n) is 9.62. The van der Waals surface area contributed by atoms with Gasteiger partial charge in [-0.05, 0) is 45.6 Å². The van der Waals surface area contributed by atoms with Crippen LogP contribution in [0.3, 0.4) is 0 Å². The number of likely N-dealkylation sites (tertiary alicyclic amines) is 1. The van der Waals surface area contributed by atoms with E-state index in [4.69, 9.17) is 0 Å². The fraction of sp³-hybridized carbons (Fsp3) is 0.650. The quantitative estimate of drug-likeness (QED) is 0.547. The lowest BCUT2D eigenvalue weighted by atomic mass is 10.1. The van der Waals surface area contributed by atoms with Crippen LogP contribution in [0.1, 0.15) is 50.3 Å². The van der Waals surface area contributed by atoms with Crippen molar-refractivity contribution in [1.82, 2.24) is 15.5 Å². The molecule has 3 atom stereocenters. The number of aliphatic imine (C=N–C) groups is 1. The van der Waals surface area contributed by atoms with Gasteiger partial charge in [-0.15, -0.1) is 0 Å². The van der Waals surface area contributed by atoms with Gasteiger partial charge in [0.15, 0.2) is 5.96 Å². The third-order valence-corrected chi connectivity index (χ3v) is 5.21. The molecule has 1 aromatic carbocycles. The second-order valence-electron chi connectivity index (χ2n) is 7.50. The number of aryl methyl sites for hydroxylation is 1. The first kappa shape index (κ1) is 18.2. The van der Waals surface area contributed by atoms with Crippen molar-refractivity contribution < 1.29 is 5.11 Å². The molecule has 3 rings (SSSR count). The van der Waals surface area contributed by atoms with Crippen LogP contribution in [0.2, 0.25) is 0 Å². The largest absolute Gasteiger partial charge is 0.386 e. The van der Waals surface area contributed by atoms with Gasteiger partial charge in [0.1, 0.15) is 0 Å². The van der Waals surface area contributed by atoms with E-state index in [1.807, 2.05) is 24.3 Å². The Bertz CT molecular complexity index is 582. The summed E-state index contributed by atoms with van der Waals surface area (Å²) in [4.78, 5) is 7.24. The second-order valence-corrected chi connectivity index (χ2v) is 7.50. The Morgan fingerprint density at radius 3 is 2.68 bits per heavy atom. The summed E-state index contributed by atoms with van der Waals surface area (Å²) in [5, 5.41) is 17.3. The maximum atomic E-state index is 10.4. The van der Waals surface area contributed by atoms with E-state index >= 15 is 0 Å². The zero-order chi connectivity index (χ0) is 17.8. The summed E-state index contributed by atoms with van der Waals surface area (Å²) >= 11 is 0. The van der Waals surface area contributed by atoms with Crippen LogP contribution in [-0.2, 0) is 0 Å². The van der Waals surface area contributed by atoms with Gasteiger partial charge in [-0.3, -0.25) is 9.89 Å². The van der Waals surface area contributed by atoms with Crippen LogP contribution in [0.5, 0.6) is 0 Å². The van der Waals surface area contributed by atoms with Gasteiger partial charge in [0.05, 0.1) is 12.6 Å². The van der Waals surface area contributed by atoms with Crippen LogP contribution in [-0.4, -0.2) is 53.7 Å². The Labute approximate surface area is 151 Å². The van der Waals surface area contributed by atoms with Gasteiger partial charge < -0.3 is 15.7 Å². The molecule has 1 saturated heterocycles. The molecule has 1 heterocycles. The molecule has 1 aliphatic heterocycles. The first-order chi connectivity index (χ1) is 12.1. The molecule has 2 fully saturated rings. The zero-order valence-corrected chi connectivity index (χ0v) is 15.7. The van der Waals surface area contributed by atoms with Gasteiger partial charge in [0.25, 0.3) is 0 Å². The Hall–Kier alpha value is -1.59. The van der Waals surface area contributed by atoms with E-state index in [0.29, 0.717) is 18.6 Å². The molecule has 1 saturated carbocycles. The van der Waals surface area contributed by atoms with Crippen molar-refractivity contribution >= 4 is 5.96 Å². The van der Waals surface area contributed by atoms with Crippen LogP contribution in [0, 0.1) is 6.92 Å². The van der Waals surface area contributed by atoms with E-state index in [2.05, 4.69) is 41.3 Å². The topological polar surface area (TPSA) is 59.9 Å². The normalized spacial score (nSPS) is 25.8. The highest BCUT2D eigenvalue weighted by atomic mass is 16.3. The number of hydrogen-bond donors (Lipinski definition) is 3. The summed E-state index contributed by atoms with van der Waals surface area (Å²) in [6.07, 6.45) is 3.30. The van der Waals surface area contributed by atoms with Crippen molar-refractivity contribution in [3.63, 3.8) is 0 Å². The van der Waals surface area contributed by atoms with E-state index in [9.17, 15) is 5.11 Å². The Balaban J connectivity index is 1.56. The highest BCUT2D eigenvalue weighted by molar-refractivity contribution is 5.80. The zero-order valence-electron chi connectivity index (χ0n) is 15.7. The minimum atomic E-state index is -0.568. The van der Waals surface area contributed by atoms with Gasteiger partial charge in [-0.25, -0.2) is 0 Å². The molecule has 25 heavy (non-hydrogen) atoms. The van der Waals surface area contributed by atoms with Crippen molar-refractivity contribution in [2.45, 2.75) is 64.3 Å². The molecule has 1 aromatic rings. The molecular weight excluding hydrogens is 312 g/mol. The third-order valence-electron chi connectivity index (χ3n) is 5.21. The number of benzene rings is 1. The molecule has 5 nitrogen and oxygen atoms in total. The molecule has 5 heteroatoms.